The minimum absolute atomic E-state index is 0.0147. The number of rotatable bonds is 10. The summed E-state index contributed by atoms with van der Waals surface area (Å²) in [5, 5.41) is 19.1. The summed E-state index contributed by atoms with van der Waals surface area (Å²) in [6, 6.07) is 22.7. The van der Waals surface area contributed by atoms with Gasteiger partial charge in [0.1, 0.15) is 5.75 Å². The third-order valence-electron chi connectivity index (χ3n) is 7.28. The van der Waals surface area contributed by atoms with E-state index in [0.717, 1.165) is 53.5 Å². The molecule has 1 saturated heterocycles. The van der Waals surface area contributed by atoms with Gasteiger partial charge in [-0.15, -0.1) is 0 Å². The Morgan fingerprint density at radius 1 is 1.10 bits per heavy atom. The first-order valence-electron chi connectivity index (χ1n) is 13.2. The van der Waals surface area contributed by atoms with Crippen molar-refractivity contribution >= 4 is 28.7 Å². The number of benzene rings is 2. The number of non-ortho nitro benzene ring substituents is 1. The van der Waals surface area contributed by atoms with Crippen molar-refractivity contribution < 1.29 is 9.66 Å². The van der Waals surface area contributed by atoms with Gasteiger partial charge >= 0.3 is 0 Å². The van der Waals surface area contributed by atoms with Crippen LogP contribution in [0.5, 0.6) is 5.75 Å². The fourth-order valence-corrected chi connectivity index (χ4v) is 5.78. The molecule has 4 aromatic rings. The van der Waals surface area contributed by atoms with E-state index < -0.39 is 4.92 Å². The third kappa shape index (κ3) is 5.35. The largest absolute Gasteiger partial charge is 0.494 e. The molecule has 2 aromatic carbocycles. The van der Waals surface area contributed by atoms with E-state index in [1.807, 2.05) is 43.3 Å². The predicted molar refractivity (Wildman–Crippen MR) is 160 cm³/mol. The van der Waals surface area contributed by atoms with E-state index in [0.29, 0.717) is 10.9 Å². The van der Waals surface area contributed by atoms with Gasteiger partial charge in [-0.25, -0.2) is 0 Å². The van der Waals surface area contributed by atoms with E-state index >= 15 is 0 Å². The van der Waals surface area contributed by atoms with Crippen LogP contribution >= 0.6 is 12.2 Å². The molecule has 0 bridgehead atoms. The molecule has 5 rings (SSSR count). The summed E-state index contributed by atoms with van der Waals surface area (Å²) in [7, 11) is 1.53. The van der Waals surface area contributed by atoms with Crippen LogP contribution in [-0.4, -0.2) is 44.7 Å². The van der Waals surface area contributed by atoms with Gasteiger partial charge in [0.05, 0.1) is 41.6 Å². The Labute approximate surface area is 239 Å². The molecule has 0 unspecified atom stereocenters. The maximum absolute atomic E-state index is 11.4. The van der Waals surface area contributed by atoms with Gasteiger partial charge in [-0.3, -0.25) is 15.1 Å². The van der Waals surface area contributed by atoms with Gasteiger partial charge in [-0.1, -0.05) is 24.3 Å². The topological polar surface area (TPSA) is 97.5 Å². The number of nitrogens with zero attached hydrogens (tertiary/aromatic N) is 4. The molecule has 0 radical (unpaired) electrons. The van der Waals surface area contributed by atoms with Crippen LogP contribution in [0.1, 0.15) is 41.1 Å². The van der Waals surface area contributed by atoms with Crippen LogP contribution in [-0.2, 0) is 0 Å². The van der Waals surface area contributed by atoms with Crippen LogP contribution in [0.25, 0.3) is 5.69 Å². The lowest BCUT2D eigenvalue weighted by molar-refractivity contribution is -0.384. The Morgan fingerprint density at radius 2 is 1.88 bits per heavy atom. The summed E-state index contributed by atoms with van der Waals surface area (Å²) in [6.45, 7) is 5.66. The van der Waals surface area contributed by atoms with Crippen molar-refractivity contribution in [1.82, 2.24) is 19.8 Å². The molecule has 0 aliphatic carbocycles. The maximum Gasteiger partial charge on any atom is 0.273 e. The highest BCUT2D eigenvalue weighted by Crippen LogP contribution is 2.42. The van der Waals surface area contributed by atoms with Crippen LogP contribution in [0.2, 0.25) is 0 Å². The van der Waals surface area contributed by atoms with Gasteiger partial charge in [0.25, 0.3) is 5.69 Å². The summed E-state index contributed by atoms with van der Waals surface area (Å²) in [6.07, 6.45) is 2.69. The zero-order valence-electron chi connectivity index (χ0n) is 22.7. The molecule has 0 spiro atoms. The lowest BCUT2D eigenvalue weighted by Gasteiger charge is -2.28. The molecule has 40 heavy (non-hydrogen) atoms. The highest BCUT2D eigenvalue weighted by molar-refractivity contribution is 7.80. The summed E-state index contributed by atoms with van der Waals surface area (Å²) in [4.78, 5) is 17.9. The molecule has 2 atom stereocenters. The molecule has 3 heterocycles. The van der Waals surface area contributed by atoms with Crippen molar-refractivity contribution in [3.05, 3.63) is 112 Å². The van der Waals surface area contributed by atoms with Crippen LogP contribution < -0.4 is 15.4 Å². The van der Waals surface area contributed by atoms with E-state index in [1.54, 1.807) is 12.3 Å². The average Bonchev–Trinajstić information content (AvgIpc) is 3.45. The molecule has 1 aliphatic heterocycles. The number of nitro groups is 1. The lowest BCUT2D eigenvalue weighted by Crippen LogP contribution is -2.31. The summed E-state index contributed by atoms with van der Waals surface area (Å²) >= 11 is 5.87. The average molecular weight is 557 g/mol. The fourth-order valence-electron chi connectivity index (χ4n) is 5.45. The molecule has 9 nitrogen and oxygen atoms in total. The molecule has 10 heteroatoms. The van der Waals surface area contributed by atoms with Crippen molar-refractivity contribution in [2.45, 2.75) is 32.4 Å². The number of ether oxygens (including phenoxy) is 1. The number of para-hydroxylation sites is 1. The lowest BCUT2D eigenvalue weighted by atomic mass is 9.96. The predicted octanol–water partition coefficient (Wildman–Crippen LogP) is 5.88. The van der Waals surface area contributed by atoms with Crippen LogP contribution in [0.4, 0.5) is 11.4 Å². The first kappa shape index (κ1) is 27.1. The van der Waals surface area contributed by atoms with Gasteiger partial charge in [0.2, 0.25) is 0 Å². The van der Waals surface area contributed by atoms with Crippen molar-refractivity contribution in [1.29, 1.82) is 0 Å². The quantitative estimate of drug-likeness (QED) is 0.108. The summed E-state index contributed by atoms with van der Waals surface area (Å²) < 4.78 is 7.67. The van der Waals surface area contributed by atoms with Crippen molar-refractivity contribution in [3.8, 4) is 11.4 Å². The second kappa shape index (κ2) is 11.7. The van der Waals surface area contributed by atoms with Crippen molar-refractivity contribution in [2.75, 3.05) is 25.5 Å². The zero-order chi connectivity index (χ0) is 28.2. The first-order chi connectivity index (χ1) is 19.4. The normalized spacial score (nSPS) is 16.6. The number of thiocarbonyl (C=S) groups is 1. The van der Waals surface area contributed by atoms with Gasteiger partial charge in [-0.2, -0.15) is 0 Å². The fraction of sp³-hybridized carbons (Fsp3) is 0.267. The minimum atomic E-state index is -0.416. The third-order valence-corrected chi connectivity index (χ3v) is 7.63. The van der Waals surface area contributed by atoms with Crippen LogP contribution in [0.3, 0.4) is 0 Å². The maximum atomic E-state index is 11.4. The molecule has 0 saturated carbocycles. The van der Waals surface area contributed by atoms with E-state index in [4.69, 9.17) is 17.0 Å². The molecule has 2 N–H and O–H groups in total. The first-order valence-corrected chi connectivity index (χ1v) is 13.6. The smallest absolute Gasteiger partial charge is 0.273 e. The Morgan fingerprint density at radius 3 is 2.58 bits per heavy atom. The van der Waals surface area contributed by atoms with E-state index in [9.17, 15) is 10.1 Å². The van der Waals surface area contributed by atoms with Crippen LogP contribution in [0.15, 0.2) is 79.0 Å². The molecule has 1 fully saturated rings. The summed E-state index contributed by atoms with van der Waals surface area (Å²) in [5.41, 5.74) is 5.84. The molecule has 2 aromatic heterocycles. The minimum Gasteiger partial charge on any atom is -0.494 e. The monoisotopic (exact) mass is 556 g/mol. The van der Waals surface area contributed by atoms with E-state index in [1.165, 1.54) is 19.2 Å². The van der Waals surface area contributed by atoms with E-state index in [-0.39, 0.29) is 17.8 Å². The Kier molecular flexibility index (Phi) is 7.97. The summed E-state index contributed by atoms with van der Waals surface area (Å²) in [5.74, 6) is 0.438. The number of anilines is 1. The number of hydrogen-bond donors (Lipinski definition) is 2. The second-order valence-corrected chi connectivity index (χ2v) is 10.1. The molecule has 0 amide bonds. The van der Waals surface area contributed by atoms with Crippen molar-refractivity contribution in [3.63, 3.8) is 0 Å². The van der Waals surface area contributed by atoms with Gasteiger partial charge in [0, 0.05) is 42.4 Å². The highest BCUT2D eigenvalue weighted by Gasteiger charge is 2.41. The number of nitro benzene ring substituents is 1. The van der Waals surface area contributed by atoms with Gasteiger partial charge < -0.3 is 24.8 Å². The number of nitrogens with one attached hydrogen (secondary N) is 2. The van der Waals surface area contributed by atoms with E-state index in [2.05, 4.69) is 50.2 Å². The number of hydrogen-bond acceptors (Lipinski definition) is 6. The Bertz CT molecular complexity index is 1510. The molecular weight excluding hydrogens is 524 g/mol. The molecule has 206 valence electrons. The molecular formula is C30H32N6O3S. The van der Waals surface area contributed by atoms with Crippen molar-refractivity contribution in [2.24, 2.45) is 0 Å². The number of aromatic nitrogens is 2. The number of aryl methyl sites for hydroxylation is 1. The number of methoxy groups -OCH3 is 1. The Balaban J connectivity index is 1.49. The SMILES string of the molecule is COc1cc([N+](=O)[O-])ccc1-n1c(C)cc([C@H]2[C@H](c3ccccn3)NC(=S)N2CCCNc2ccccc2)c1C. The highest BCUT2D eigenvalue weighted by atomic mass is 32.1. The standard InChI is InChI=1S/C30H32N6O3S/c1-20-18-24(21(2)35(20)26-14-13-23(36(37)38)19-27(26)39-3)29-28(25-12-7-8-15-32-25)33-30(40)34(29)17-9-16-31-22-10-5-4-6-11-22/h4-8,10-15,18-19,28-29,31H,9,16-17H2,1-3H3,(H,33,40)/t28-,29-/m0/s1. The van der Waals surface area contributed by atoms with Gasteiger partial charge in [-0.05, 0) is 74.4 Å². The Hall–Kier alpha value is -4.44. The molecule has 1 aliphatic rings. The van der Waals surface area contributed by atoms with Crippen LogP contribution in [0, 0.1) is 24.0 Å². The second-order valence-electron chi connectivity index (χ2n) is 9.74. The zero-order valence-corrected chi connectivity index (χ0v) is 23.5. The van der Waals surface area contributed by atoms with Gasteiger partial charge in [0.15, 0.2) is 5.11 Å². The number of pyridine rings is 1.